The van der Waals surface area contributed by atoms with E-state index in [1.54, 1.807) is 24.3 Å². The number of hydrogen-bond donors (Lipinski definition) is 1. The van der Waals surface area contributed by atoms with Crippen molar-refractivity contribution in [2.24, 2.45) is 5.73 Å². The molecule has 1 atom stereocenters. The second kappa shape index (κ2) is 7.50. The smallest absolute Gasteiger partial charge is 0.226 e. The van der Waals surface area contributed by atoms with E-state index < -0.39 is 0 Å². The third-order valence-electron chi connectivity index (χ3n) is 3.62. The fraction of sp³-hybridized carbons (Fsp3) is 0.533. The van der Waals surface area contributed by atoms with Gasteiger partial charge < -0.3 is 15.4 Å². The van der Waals surface area contributed by atoms with Crippen LogP contribution in [0.25, 0.3) is 0 Å². The number of rotatable bonds is 5. The molecule has 1 aromatic carbocycles. The van der Waals surface area contributed by atoms with E-state index in [-0.39, 0.29) is 11.9 Å². The van der Waals surface area contributed by atoms with Crippen molar-refractivity contribution in [3.63, 3.8) is 0 Å². The third-order valence-corrected chi connectivity index (χ3v) is 3.87. The molecule has 1 fully saturated rings. The molecular formula is C15H21ClN2O2. The van der Waals surface area contributed by atoms with Gasteiger partial charge in [0.05, 0.1) is 13.0 Å². The van der Waals surface area contributed by atoms with Gasteiger partial charge in [0.2, 0.25) is 5.91 Å². The number of nitrogens with two attached hydrogens (primary N) is 1. The minimum Gasteiger partial charge on any atom is -0.493 e. The van der Waals surface area contributed by atoms with E-state index in [1.807, 2.05) is 4.90 Å². The highest BCUT2D eigenvalue weighted by Crippen LogP contribution is 2.18. The molecule has 1 amide bonds. The number of hydrogen-bond acceptors (Lipinski definition) is 3. The van der Waals surface area contributed by atoms with Gasteiger partial charge in [0.25, 0.3) is 0 Å². The van der Waals surface area contributed by atoms with Crippen LogP contribution in [0.15, 0.2) is 24.3 Å². The maximum atomic E-state index is 12.2. The standard InChI is InChI=1S/C15H21ClN2O2/c16-12-4-6-14(7-5-12)20-10-8-15(19)18-9-2-1-3-13(18)11-17/h4-7,13H,1-3,8-11,17H2. The summed E-state index contributed by atoms with van der Waals surface area (Å²) in [6.45, 7) is 1.75. The lowest BCUT2D eigenvalue weighted by atomic mass is 10.0. The summed E-state index contributed by atoms with van der Waals surface area (Å²) in [7, 11) is 0. The van der Waals surface area contributed by atoms with Gasteiger partial charge in [-0.3, -0.25) is 4.79 Å². The Kier molecular flexibility index (Phi) is 5.68. The Bertz CT molecular complexity index is 436. The van der Waals surface area contributed by atoms with E-state index in [0.29, 0.717) is 24.6 Å². The molecule has 2 rings (SSSR count). The molecule has 0 spiro atoms. The molecular weight excluding hydrogens is 276 g/mol. The van der Waals surface area contributed by atoms with Gasteiger partial charge in [-0.2, -0.15) is 0 Å². The van der Waals surface area contributed by atoms with Crippen LogP contribution in [0.5, 0.6) is 5.75 Å². The first kappa shape index (κ1) is 15.1. The molecule has 2 N–H and O–H groups in total. The number of carbonyl (C=O) groups excluding carboxylic acids is 1. The molecule has 1 aromatic rings. The second-order valence-electron chi connectivity index (χ2n) is 5.02. The minimum absolute atomic E-state index is 0.133. The topological polar surface area (TPSA) is 55.6 Å². The van der Waals surface area contributed by atoms with Crippen molar-refractivity contribution in [1.82, 2.24) is 4.90 Å². The lowest BCUT2D eigenvalue weighted by Gasteiger charge is -2.35. The van der Waals surface area contributed by atoms with Crippen molar-refractivity contribution in [2.75, 3.05) is 19.7 Å². The summed E-state index contributed by atoms with van der Waals surface area (Å²) in [5.41, 5.74) is 5.73. The highest BCUT2D eigenvalue weighted by atomic mass is 35.5. The molecule has 110 valence electrons. The average molecular weight is 297 g/mol. The van der Waals surface area contributed by atoms with Crippen molar-refractivity contribution in [2.45, 2.75) is 31.7 Å². The first-order chi connectivity index (χ1) is 9.70. The van der Waals surface area contributed by atoms with Crippen LogP contribution in [0.2, 0.25) is 5.02 Å². The van der Waals surface area contributed by atoms with Gasteiger partial charge in [-0.05, 0) is 43.5 Å². The zero-order valence-corrected chi connectivity index (χ0v) is 12.3. The fourth-order valence-corrected chi connectivity index (χ4v) is 2.63. The predicted octanol–water partition coefficient (Wildman–Crippen LogP) is 2.45. The summed E-state index contributed by atoms with van der Waals surface area (Å²) >= 11 is 5.80. The Morgan fingerprint density at radius 1 is 1.35 bits per heavy atom. The van der Waals surface area contributed by atoms with Gasteiger partial charge in [-0.1, -0.05) is 11.6 Å². The molecule has 0 radical (unpaired) electrons. The Balaban J connectivity index is 1.78. The van der Waals surface area contributed by atoms with Crippen LogP contribution in [0.3, 0.4) is 0 Å². The van der Waals surface area contributed by atoms with Gasteiger partial charge in [-0.15, -0.1) is 0 Å². The summed E-state index contributed by atoms with van der Waals surface area (Å²) < 4.78 is 5.55. The Hall–Kier alpha value is -1.26. The molecule has 1 aliphatic rings. The van der Waals surface area contributed by atoms with E-state index in [0.717, 1.165) is 31.6 Å². The maximum Gasteiger partial charge on any atom is 0.226 e. The number of benzene rings is 1. The SMILES string of the molecule is NCC1CCCCN1C(=O)CCOc1ccc(Cl)cc1. The summed E-state index contributed by atoms with van der Waals surface area (Å²) in [5, 5.41) is 0.674. The van der Waals surface area contributed by atoms with E-state index in [2.05, 4.69) is 0 Å². The van der Waals surface area contributed by atoms with Crippen molar-refractivity contribution in [3.05, 3.63) is 29.3 Å². The van der Waals surface area contributed by atoms with Gasteiger partial charge in [0.15, 0.2) is 0 Å². The predicted molar refractivity (Wildman–Crippen MR) is 80.0 cm³/mol. The summed E-state index contributed by atoms with van der Waals surface area (Å²) in [5.74, 6) is 0.866. The van der Waals surface area contributed by atoms with Gasteiger partial charge in [-0.25, -0.2) is 0 Å². The monoisotopic (exact) mass is 296 g/mol. The Morgan fingerprint density at radius 3 is 2.80 bits per heavy atom. The fourth-order valence-electron chi connectivity index (χ4n) is 2.50. The van der Waals surface area contributed by atoms with Crippen LogP contribution in [-0.2, 0) is 4.79 Å². The largest absolute Gasteiger partial charge is 0.493 e. The second-order valence-corrected chi connectivity index (χ2v) is 5.46. The number of nitrogens with zero attached hydrogens (tertiary/aromatic N) is 1. The number of piperidine rings is 1. The first-order valence-corrected chi connectivity index (χ1v) is 7.46. The normalized spacial score (nSPS) is 18.9. The van der Waals surface area contributed by atoms with Crippen molar-refractivity contribution >= 4 is 17.5 Å². The Morgan fingerprint density at radius 2 is 2.10 bits per heavy atom. The molecule has 0 aromatic heterocycles. The average Bonchev–Trinajstić information content (AvgIpc) is 2.49. The molecule has 1 heterocycles. The molecule has 5 heteroatoms. The zero-order valence-electron chi connectivity index (χ0n) is 11.6. The Labute approximate surface area is 124 Å². The highest BCUT2D eigenvalue weighted by Gasteiger charge is 2.25. The van der Waals surface area contributed by atoms with E-state index in [1.165, 1.54) is 0 Å². The first-order valence-electron chi connectivity index (χ1n) is 7.08. The summed E-state index contributed by atoms with van der Waals surface area (Å²) in [4.78, 5) is 14.1. The van der Waals surface area contributed by atoms with Gasteiger partial charge in [0.1, 0.15) is 5.75 Å². The molecule has 20 heavy (non-hydrogen) atoms. The van der Waals surface area contributed by atoms with E-state index in [4.69, 9.17) is 22.1 Å². The highest BCUT2D eigenvalue weighted by molar-refractivity contribution is 6.30. The summed E-state index contributed by atoms with van der Waals surface area (Å²) in [6.07, 6.45) is 3.63. The molecule has 0 saturated carbocycles. The molecule has 4 nitrogen and oxygen atoms in total. The van der Waals surface area contributed by atoms with Crippen LogP contribution in [0.1, 0.15) is 25.7 Å². The lowest BCUT2D eigenvalue weighted by molar-refractivity contribution is -0.135. The molecule has 1 saturated heterocycles. The van der Waals surface area contributed by atoms with Gasteiger partial charge in [0, 0.05) is 24.2 Å². The summed E-state index contributed by atoms with van der Waals surface area (Å²) in [6, 6.07) is 7.35. The van der Waals surface area contributed by atoms with E-state index in [9.17, 15) is 4.79 Å². The van der Waals surface area contributed by atoms with Crippen LogP contribution >= 0.6 is 11.6 Å². The van der Waals surface area contributed by atoms with Crippen LogP contribution in [-0.4, -0.2) is 36.5 Å². The molecule has 1 aliphatic heterocycles. The number of carbonyl (C=O) groups is 1. The number of likely N-dealkylation sites (tertiary alicyclic amines) is 1. The maximum absolute atomic E-state index is 12.2. The third kappa shape index (κ3) is 4.12. The van der Waals surface area contributed by atoms with Crippen molar-refractivity contribution < 1.29 is 9.53 Å². The number of amides is 1. The molecule has 0 bridgehead atoms. The lowest BCUT2D eigenvalue weighted by Crippen LogP contribution is -2.47. The van der Waals surface area contributed by atoms with Crippen molar-refractivity contribution in [1.29, 1.82) is 0 Å². The van der Waals surface area contributed by atoms with Crippen LogP contribution in [0, 0.1) is 0 Å². The number of ether oxygens (including phenoxy) is 1. The molecule has 1 unspecified atom stereocenters. The quantitative estimate of drug-likeness (QED) is 0.908. The van der Waals surface area contributed by atoms with Crippen LogP contribution in [0.4, 0.5) is 0 Å². The van der Waals surface area contributed by atoms with E-state index >= 15 is 0 Å². The van der Waals surface area contributed by atoms with Crippen molar-refractivity contribution in [3.8, 4) is 5.75 Å². The van der Waals surface area contributed by atoms with Crippen LogP contribution < -0.4 is 10.5 Å². The minimum atomic E-state index is 0.133. The molecule has 0 aliphatic carbocycles. The number of halogens is 1. The zero-order chi connectivity index (χ0) is 14.4. The van der Waals surface area contributed by atoms with Gasteiger partial charge >= 0.3 is 0 Å².